The highest BCUT2D eigenvalue weighted by atomic mass is 32.2. The maximum absolute atomic E-state index is 16.1. The first-order valence-corrected chi connectivity index (χ1v) is 23.9. The number of methoxy groups -OCH3 is 3. The number of halogens is 6. The fourth-order valence-electron chi connectivity index (χ4n) is 7.74. The number of anilines is 1. The number of aromatic nitrogens is 6. The van der Waals surface area contributed by atoms with Crippen LogP contribution in [-0.2, 0) is 49.1 Å². The molecule has 3 aromatic heterocycles. The van der Waals surface area contributed by atoms with Crippen molar-refractivity contribution in [3.8, 4) is 39.8 Å². The van der Waals surface area contributed by atoms with Gasteiger partial charge in [0.05, 0.1) is 44.5 Å². The first-order valence-electron chi connectivity index (χ1n) is 20.9. The van der Waals surface area contributed by atoms with Crippen LogP contribution in [0, 0.1) is 0 Å². The van der Waals surface area contributed by atoms with E-state index in [0.717, 1.165) is 16.6 Å². The van der Waals surface area contributed by atoms with Crippen LogP contribution in [0.25, 0.3) is 28.2 Å². The van der Waals surface area contributed by atoms with E-state index >= 15 is 16.8 Å². The monoisotopic (exact) mass is 1030 g/mol. The van der Waals surface area contributed by atoms with Gasteiger partial charge in [-0.3, -0.25) is 9.59 Å². The number of pyridine rings is 1. The number of carbonyl (C=O) groups is 2. The Balaban J connectivity index is 1.42. The Labute approximate surface area is 400 Å². The number of hydrogen-bond acceptors (Lipinski definition) is 13. The minimum atomic E-state index is -5.34. The molecule has 1 aliphatic rings. The molecule has 0 aliphatic carbocycles. The average molecular weight is 1030 g/mol. The Morgan fingerprint density at radius 2 is 1.28 bits per heavy atom. The van der Waals surface area contributed by atoms with Crippen molar-refractivity contribution in [2.24, 2.45) is 0 Å². The summed E-state index contributed by atoms with van der Waals surface area (Å²) >= 11 is 0. The van der Waals surface area contributed by atoms with Crippen molar-refractivity contribution in [2.45, 2.75) is 47.0 Å². The maximum Gasteiger partial charge on any atom is 0.471 e. The predicted octanol–water partition coefficient (Wildman–Crippen LogP) is 6.17. The molecule has 0 unspecified atom stereocenters. The number of imidazole rings is 1. The molecule has 4 heterocycles. The van der Waals surface area contributed by atoms with Gasteiger partial charge in [-0.1, -0.05) is 42.5 Å². The summed E-state index contributed by atoms with van der Waals surface area (Å²) < 4.78 is 162. The summed E-state index contributed by atoms with van der Waals surface area (Å²) in [4.78, 5) is 26.9. The summed E-state index contributed by atoms with van der Waals surface area (Å²) in [6.07, 6.45) is -8.22. The maximum atomic E-state index is 16.1. The Morgan fingerprint density at radius 3 is 1.80 bits per heavy atom. The number of nitrogens with zero attached hydrogens (tertiary/aromatic N) is 8. The normalized spacial score (nSPS) is 13.6. The first-order chi connectivity index (χ1) is 33.6. The lowest BCUT2D eigenvalue weighted by molar-refractivity contribution is -0.188. The van der Waals surface area contributed by atoms with Crippen molar-refractivity contribution in [2.75, 3.05) is 39.7 Å². The van der Waals surface area contributed by atoms with Gasteiger partial charge in [0.25, 0.3) is 0 Å². The third-order valence-electron chi connectivity index (χ3n) is 11.4. The van der Waals surface area contributed by atoms with Crippen molar-refractivity contribution in [1.29, 1.82) is 0 Å². The third kappa shape index (κ3) is 10.2. The molecule has 7 aromatic rings. The molecule has 372 valence electrons. The second-order valence-corrected chi connectivity index (χ2v) is 20.0. The summed E-state index contributed by atoms with van der Waals surface area (Å²) in [5.41, 5.74) is 0.521. The van der Waals surface area contributed by atoms with Crippen LogP contribution in [0.15, 0.2) is 119 Å². The zero-order valence-corrected chi connectivity index (χ0v) is 39.0. The van der Waals surface area contributed by atoms with E-state index in [0.29, 0.717) is 33.9 Å². The van der Waals surface area contributed by atoms with Gasteiger partial charge in [-0.05, 0) is 87.3 Å². The Kier molecular flexibility index (Phi) is 13.6. The number of carbonyl (C=O) groups excluding carboxylic acids is 2. The van der Waals surface area contributed by atoms with E-state index in [-0.39, 0.29) is 34.0 Å². The lowest BCUT2D eigenvalue weighted by atomic mass is 9.99. The molecule has 2 amide bonds. The molecule has 0 radical (unpaired) electrons. The van der Waals surface area contributed by atoms with Gasteiger partial charge < -0.3 is 28.8 Å². The lowest BCUT2D eigenvalue weighted by Gasteiger charge is -2.39. The molecular formula is C45H39F6N9O9S2. The molecule has 1 fully saturated rings. The van der Waals surface area contributed by atoms with Gasteiger partial charge in [0.15, 0.2) is 21.5 Å². The van der Waals surface area contributed by atoms with Gasteiger partial charge in [-0.25, -0.2) is 26.5 Å². The SMILES string of the molecule is COc1ccc(CN(Cc2ccc(OC)cc2)S(=O)(=O)c2c(S(=O)(=O)C3CN(C(=O)C(F)(F)F)C3)ccc(-c3cccn4cc(NC(=O)C(F)(F)F)nc34)c2-c2nnnn2Cc2ccc(OC)cc2)cc1. The second kappa shape index (κ2) is 19.3. The van der Waals surface area contributed by atoms with Gasteiger partial charge >= 0.3 is 24.2 Å². The van der Waals surface area contributed by atoms with Gasteiger partial charge in [-0.15, -0.1) is 5.10 Å². The number of alkyl halides is 6. The number of sulfone groups is 1. The molecule has 1 aliphatic heterocycles. The number of fused-ring (bicyclic) bond motifs is 1. The van der Waals surface area contributed by atoms with E-state index < -0.39 is 96.6 Å². The van der Waals surface area contributed by atoms with Gasteiger partial charge in [0, 0.05) is 37.9 Å². The highest BCUT2D eigenvalue weighted by Crippen LogP contribution is 2.45. The van der Waals surface area contributed by atoms with Crippen LogP contribution in [0.5, 0.6) is 17.2 Å². The summed E-state index contributed by atoms with van der Waals surface area (Å²) in [6, 6.07) is 24.1. The van der Waals surface area contributed by atoms with Crippen LogP contribution in [0.3, 0.4) is 0 Å². The Bertz CT molecular complexity index is 3300. The number of sulfonamides is 1. The number of ether oxygens (including phenoxy) is 3. The molecule has 1 saturated heterocycles. The zero-order chi connectivity index (χ0) is 51.0. The first kappa shape index (κ1) is 49.8. The van der Waals surface area contributed by atoms with Gasteiger partial charge in [-0.2, -0.15) is 30.6 Å². The molecule has 8 rings (SSSR count). The fourth-order valence-corrected chi connectivity index (χ4v) is 11.8. The molecule has 0 atom stereocenters. The molecular weight excluding hydrogens is 989 g/mol. The summed E-state index contributed by atoms with van der Waals surface area (Å²) in [5, 5.41) is 12.2. The van der Waals surface area contributed by atoms with E-state index in [9.17, 15) is 35.9 Å². The van der Waals surface area contributed by atoms with Crippen molar-refractivity contribution in [3.63, 3.8) is 0 Å². The minimum absolute atomic E-state index is 0.0307. The van der Waals surface area contributed by atoms with Crippen LogP contribution in [-0.4, -0.2) is 119 Å². The molecule has 1 N–H and O–H groups in total. The molecule has 26 heteroatoms. The van der Waals surface area contributed by atoms with E-state index in [4.69, 9.17) is 14.2 Å². The average Bonchev–Trinajstić information content (AvgIpc) is 3.97. The Morgan fingerprint density at radius 1 is 0.732 bits per heavy atom. The smallest absolute Gasteiger partial charge is 0.471 e. The van der Waals surface area contributed by atoms with Crippen molar-refractivity contribution in [1.82, 2.24) is 38.8 Å². The summed E-state index contributed by atoms with van der Waals surface area (Å²) in [6.45, 7) is -2.93. The number of nitrogens with one attached hydrogen (secondary N) is 1. The largest absolute Gasteiger partial charge is 0.497 e. The number of benzene rings is 4. The topological polar surface area (TPSA) is 210 Å². The van der Waals surface area contributed by atoms with E-state index in [1.165, 1.54) is 54.8 Å². The van der Waals surface area contributed by atoms with Crippen molar-refractivity contribution in [3.05, 3.63) is 126 Å². The molecule has 0 saturated carbocycles. The quantitative estimate of drug-likeness (QED) is 0.108. The molecule has 0 bridgehead atoms. The number of rotatable bonds is 16. The zero-order valence-electron chi connectivity index (χ0n) is 37.3. The third-order valence-corrected chi connectivity index (χ3v) is 15.5. The molecule has 4 aromatic carbocycles. The van der Waals surface area contributed by atoms with Gasteiger partial charge in [0.1, 0.15) is 33.0 Å². The number of hydrogen-bond donors (Lipinski definition) is 1. The number of likely N-dealkylation sites (tertiary alicyclic amines) is 1. The second-order valence-electron chi connectivity index (χ2n) is 15.9. The van der Waals surface area contributed by atoms with E-state index in [1.807, 2.05) is 0 Å². The minimum Gasteiger partial charge on any atom is -0.497 e. The van der Waals surface area contributed by atoms with Crippen molar-refractivity contribution < 1.29 is 67.0 Å². The number of tetrazole rings is 1. The van der Waals surface area contributed by atoms with Crippen molar-refractivity contribution >= 4 is 43.1 Å². The fraction of sp³-hybridized carbons (Fsp3) is 0.244. The standard InChI is InChI=1S/C45H39F6N9O9S2/c1-67-30-12-6-27(7-13-30)21-59(22-28-8-14-31(68-2)15-9-28)71(65,66)39-36(70(63,64)33-24-58(25-33)43(62)45(49,50)51)19-18-34(35-5-4-20-57-26-37(52-40(35)57)53-42(61)44(46,47)48)38(39)41-54-55-56-60(41)23-29-10-16-32(69-3)17-11-29/h4-20,26,33H,21-25H2,1-3H3,(H,53,61). The molecule has 18 nitrogen and oxygen atoms in total. The van der Waals surface area contributed by atoms with Crippen LogP contribution in [0.4, 0.5) is 32.2 Å². The van der Waals surface area contributed by atoms with Crippen LogP contribution in [0.1, 0.15) is 16.7 Å². The Hall–Kier alpha value is -7.58. The lowest BCUT2D eigenvalue weighted by Crippen LogP contribution is -2.60. The van der Waals surface area contributed by atoms with E-state index in [2.05, 4.69) is 20.5 Å². The van der Waals surface area contributed by atoms with E-state index in [1.54, 1.807) is 78.1 Å². The number of amides is 2. The van der Waals surface area contributed by atoms with Crippen LogP contribution >= 0.6 is 0 Å². The highest BCUT2D eigenvalue weighted by Gasteiger charge is 2.51. The summed E-state index contributed by atoms with van der Waals surface area (Å²) in [5.74, 6) is -4.22. The molecule has 0 spiro atoms. The molecule has 71 heavy (non-hydrogen) atoms. The summed E-state index contributed by atoms with van der Waals surface area (Å²) in [7, 11) is -6.02. The predicted molar refractivity (Wildman–Crippen MR) is 240 cm³/mol. The highest BCUT2D eigenvalue weighted by molar-refractivity contribution is 7.94. The van der Waals surface area contributed by atoms with Gasteiger partial charge in [0.2, 0.25) is 10.0 Å². The van der Waals surface area contributed by atoms with Crippen LogP contribution < -0.4 is 19.5 Å². The van der Waals surface area contributed by atoms with Crippen LogP contribution in [0.2, 0.25) is 0 Å².